The zero-order valence-corrected chi connectivity index (χ0v) is 18.2. The van der Waals surface area contributed by atoms with E-state index in [1.54, 1.807) is 18.2 Å². The highest BCUT2D eigenvalue weighted by Gasteiger charge is 2.51. The van der Waals surface area contributed by atoms with Crippen molar-refractivity contribution in [2.24, 2.45) is 23.2 Å². The van der Waals surface area contributed by atoms with Crippen LogP contribution in [-0.4, -0.2) is 30.9 Å². The van der Waals surface area contributed by atoms with Crippen LogP contribution in [0.15, 0.2) is 18.2 Å². The van der Waals surface area contributed by atoms with Gasteiger partial charge in [-0.2, -0.15) is 0 Å². The lowest BCUT2D eigenvalue weighted by atomic mass is 9.49. The van der Waals surface area contributed by atoms with Crippen LogP contribution in [0.2, 0.25) is 10.0 Å². The van der Waals surface area contributed by atoms with Gasteiger partial charge in [0.25, 0.3) is 5.91 Å². The zero-order chi connectivity index (χ0) is 21.3. The molecule has 1 aromatic carbocycles. The highest BCUT2D eigenvalue weighted by molar-refractivity contribution is 6.44. The first kappa shape index (κ1) is 21.4. The predicted octanol–water partition coefficient (Wildman–Crippen LogP) is 4.20. The molecule has 0 unspecified atom stereocenters. The molecular formula is C22H26Cl2N2O4. The van der Waals surface area contributed by atoms with Crippen LogP contribution in [0.1, 0.15) is 44.9 Å². The van der Waals surface area contributed by atoms with Crippen LogP contribution in [-0.2, 0) is 19.1 Å². The van der Waals surface area contributed by atoms with Crippen molar-refractivity contribution >= 4 is 46.7 Å². The summed E-state index contributed by atoms with van der Waals surface area (Å²) in [5.74, 6) is 1.04. The maximum atomic E-state index is 12.5. The van der Waals surface area contributed by atoms with Gasteiger partial charge in [-0.1, -0.05) is 29.3 Å². The van der Waals surface area contributed by atoms with E-state index in [0.717, 1.165) is 37.0 Å². The standard InChI is InChI=1S/C22H26Cl2N2O4/c23-16-2-1-3-17(21(16)24)26-19(28)12-30-20(29)11-25-18(27)10-22-7-13-4-14(8-22)6-15(5-13)9-22/h1-3,13-15H,4-12H2,(H,25,27)(H,26,28). The van der Waals surface area contributed by atoms with Gasteiger partial charge in [0.1, 0.15) is 6.54 Å². The third-order valence-electron chi connectivity index (χ3n) is 6.72. The van der Waals surface area contributed by atoms with Crippen LogP contribution < -0.4 is 10.6 Å². The molecule has 0 saturated heterocycles. The summed E-state index contributed by atoms with van der Waals surface area (Å²) in [6.45, 7) is -0.705. The Bertz CT molecular complexity index is 822. The first-order valence-corrected chi connectivity index (χ1v) is 11.2. The number of anilines is 1. The average Bonchev–Trinajstić information content (AvgIpc) is 2.67. The van der Waals surface area contributed by atoms with Crippen LogP contribution in [0.5, 0.6) is 0 Å². The number of nitrogens with one attached hydrogen (secondary N) is 2. The Kier molecular flexibility index (Phi) is 6.26. The predicted molar refractivity (Wildman–Crippen MR) is 114 cm³/mol. The van der Waals surface area contributed by atoms with E-state index < -0.39 is 18.5 Å². The molecule has 4 bridgehead atoms. The summed E-state index contributed by atoms with van der Waals surface area (Å²) < 4.78 is 4.95. The normalized spacial score (nSPS) is 28.8. The fourth-order valence-corrected chi connectivity index (χ4v) is 6.41. The molecule has 2 amide bonds. The van der Waals surface area contributed by atoms with E-state index in [-0.39, 0.29) is 22.9 Å². The van der Waals surface area contributed by atoms with Crippen molar-refractivity contribution in [2.45, 2.75) is 44.9 Å². The van der Waals surface area contributed by atoms with Gasteiger partial charge in [0.05, 0.1) is 15.7 Å². The minimum Gasteiger partial charge on any atom is -0.454 e. The number of hydrogen-bond donors (Lipinski definition) is 2. The van der Waals surface area contributed by atoms with E-state index in [1.807, 2.05) is 0 Å². The molecule has 0 atom stereocenters. The fraction of sp³-hybridized carbons (Fsp3) is 0.591. The Morgan fingerprint density at radius 1 is 1.00 bits per heavy atom. The number of esters is 1. The van der Waals surface area contributed by atoms with E-state index in [0.29, 0.717) is 17.1 Å². The molecule has 2 N–H and O–H groups in total. The molecule has 4 saturated carbocycles. The molecule has 4 aliphatic carbocycles. The van der Waals surface area contributed by atoms with E-state index in [9.17, 15) is 14.4 Å². The van der Waals surface area contributed by atoms with Crippen molar-refractivity contribution in [3.05, 3.63) is 28.2 Å². The quantitative estimate of drug-likeness (QED) is 0.607. The Morgan fingerprint density at radius 2 is 1.63 bits per heavy atom. The van der Waals surface area contributed by atoms with E-state index in [1.165, 1.54) is 19.3 Å². The lowest BCUT2D eigenvalue weighted by Crippen LogP contribution is -2.48. The molecule has 0 aliphatic heterocycles. The first-order valence-electron chi connectivity index (χ1n) is 10.5. The van der Waals surface area contributed by atoms with Crippen molar-refractivity contribution < 1.29 is 19.1 Å². The second-order valence-electron chi connectivity index (χ2n) is 9.18. The van der Waals surface area contributed by atoms with Crippen molar-refractivity contribution in [3.8, 4) is 0 Å². The molecule has 8 heteroatoms. The van der Waals surface area contributed by atoms with Gasteiger partial charge in [0.15, 0.2) is 6.61 Å². The summed E-state index contributed by atoms with van der Waals surface area (Å²) in [5, 5.41) is 5.73. The maximum absolute atomic E-state index is 12.5. The molecule has 1 aromatic rings. The molecule has 162 valence electrons. The Morgan fingerprint density at radius 3 is 2.27 bits per heavy atom. The molecule has 0 aromatic heterocycles. The second-order valence-corrected chi connectivity index (χ2v) is 9.97. The minimum absolute atomic E-state index is 0.107. The SMILES string of the molecule is O=C(CC12CC3CC(CC(C3)C1)C2)NCC(=O)OCC(=O)Nc1cccc(Cl)c1Cl. The molecule has 6 nitrogen and oxygen atoms in total. The number of carbonyl (C=O) groups excluding carboxylic acids is 3. The molecule has 5 rings (SSSR count). The van der Waals surface area contributed by atoms with Gasteiger partial charge in [0, 0.05) is 6.42 Å². The summed E-state index contributed by atoms with van der Waals surface area (Å²) in [6.07, 6.45) is 7.90. The number of halogens is 2. The number of benzene rings is 1. The molecule has 0 spiro atoms. The summed E-state index contributed by atoms with van der Waals surface area (Å²) in [4.78, 5) is 36.3. The van der Waals surface area contributed by atoms with Crippen molar-refractivity contribution in [3.63, 3.8) is 0 Å². The van der Waals surface area contributed by atoms with Crippen LogP contribution in [0.25, 0.3) is 0 Å². The summed E-state index contributed by atoms with van der Waals surface area (Å²) in [6, 6.07) is 4.85. The van der Waals surface area contributed by atoms with E-state index >= 15 is 0 Å². The van der Waals surface area contributed by atoms with E-state index in [2.05, 4.69) is 10.6 Å². The number of rotatable bonds is 7. The van der Waals surface area contributed by atoms with Crippen molar-refractivity contribution in [1.29, 1.82) is 0 Å². The van der Waals surface area contributed by atoms with Crippen molar-refractivity contribution in [1.82, 2.24) is 5.32 Å². The van der Waals surface area contributed by atoms with Gasteiger partial charge >= 0.3 is 5.97 Å². The largest absolute Gasteiger partial charge is 0.454 e. The Labute approximate surface area is 186 Å². The van der Waals surface area contributed by atoms with Gasteiger partial charge in [-0.25, -0.2) is 0 Å². The Hall–Kier alpha value is -1.79. The number of carbonyl (C=O) groups is 3. The van der Waals surface area contributed by atoms with Gasteiger partial charge in [-0.15, -0.1) is 0 Å². The third-order valence-corrected chi connectivity index (χ3v) is 7.54. The lowest BCUT2D eigenvalue weighted by molar-refractivity contribution is -0.147. The summed E-state index contributed by atoms with van der Waals surface area (Å²) in [5.41, 5.74) is 0.466. The second kappa shape index (κ2) is 8.75. The smallest absolute Gasteiger partial charge is 0.325 e. The molecule has 4 aliphatic rings. The molecule has 0 heterocycles. The lowest BCUT2D eigenvalue weighted by Gasteiger charge is -2.56. The van der Waals surface area contributed by atoms with Crippen molar-refractivity contribution in [2.75, 3.05) is 18.5 Å². The highest BCUT2D eigenvalue weighted by atomic mass is 35.5. The van der Waals surface area contributed by atoms with Crippen LogP contribution >= 0.6 is 23.2 Å². The molecule has 0 radical (unpaired) electrons. The molecule has 4 fully saturated rings. The van der Waals surface area contributed by atoms with Gasteiger partial charge in [-0.3, -0.25) is 14.4 Å². The van der Waals surface area contributed by atoms with E-state index in [4.69, 9.17) is 27.9 Å². The number of amides is 2. The number of hydrogen-bond acceptors (Lipinski definition) is 4. The average molecular weight is 453 g/mol. The third kappa shape index (κ3) is 4.92. The molecule has 30 heavy (non-hydrogen) atoms. The molecular weight excluding hydrogens is 427 g/mol. The Balaban J connectivity index is 1.18. The fourth-order valence-electron chi connectivity index (χ4n) is 6.06. The monoisotopic (exact) mass is 452 g/mol. The number of ether oxygens (including phenoxy) is 1. The van der Waals surface area contributed by atoms with Gasteiger partial charge in [-0.05, 0) is 73.8 Å². The van der Waals surface area contributed by atoms with Crippen LogP contribution in [0.3, 0.4) is 0 Å². The summed E-state index contributed by atoms with van der Waals surface area (Å²) >= 11 is 11.9. The minimum atomic E-state index is -0.652. The first-order chi connectivity index (χ1) is 14.3. The van der Waals surface area contributed by atoms with Gasteiger partial charge in [0.2, 0.25) is 5.91 Å². The van der Waals surface area contributed by atoms with Crippen LogP contribution in [0.4, 0.5) is 5.69 Å². The maximum Gasteiger partial charge on any atom is 0.325 e. The zero-order valence-electron chi connectivity index (χ0n) is 16.7. The highest BCUT2D eigenvalue weighted by Crippen LogP contribution is 2.61. The topological polar surface area (TPSA) is 84.5 Å². The van der Waals surface area contributed by atoms with Crippen LogP contribution in [0, 0.1) is 23.2 Å². The summed E-state index contributed by atoms with van der Waals surface area (Å²) in [7, 11) is 0. The van der Waals surface area contributed by atoms with Gasteiger partial charge < -0.3 is 15.4 Å².